The van der Waals surface area contributed by atoms with Crippen LogP contribution in [0.25, 0.3) is 18.2 Å². The number of halogens is 4. The number of hydroxylamine groups is 1. The molecule has 10 N–H and O–H groups in total. The second-order valence-corrected chi connectivity index (χ2v) is 23.5. The van der Waals surface area contributed by atoms with Gasteiger partial charge in [-0.1, -0.05) is 0 Å². The zero-order valence-corrected chi connectivity index (χ0v) is 55.6. The van der Waals surface area contributed by atoms with Gasteiger partial charge in [0.2, 0.25) is 6.29 Å². The van der Waals surface area contributed by atoms with Crippen molar-refractivity contribution in [3.8, 4) is 18.2 Å². The Morgan fingerprint density at radius 2 is 0.854 bits per heavy atom. The molecule has 6 aliphatic heterocycles. The Hall–Kier alpha value is -8.18. The van der Waals surface area contributed by atoms with Gasteiger partial charge < -0.3 is 64.8 Å². The van der Waals surface area contributed by atoms with Crippen molar-refractivity contribution < 1.29 is 75.7 Å². The molecule has 3 aromatic carbocycles. The van der Waals surface area contributed by atoms with Gasteiger partial charge in [-0.2, -0.15) is 34.4 Å². The first-order valence-electron chi connectivity index (χ1n) is 31.7. The fourth-order valence-electron chi connectivity index (χ4n) is 11.5. The molecule has 96 heavy (non-hydrogen) atoms. The number of rotatable bonds is 24. The first-order valence-corrected chi connectivity index (χ1v) is 31.7. The van der Waals surface area contributed by atoms with Crippen LogP contribution in [-0.4, -0.2) is 165 Å². The van der Waals surface area contributed by atoms with Crippen LogP contribution in [0, 0.1) is 34.0 Å². The summed E-state index contributed by atoms with van der Waals surface area (Å²) in [6, 6.07) is 18.3. The van der Waals surface area contributed by atoms with E-state index in [1.807, 2.05) is 24.3 Å². The molecule has 6 aliphatic rings. The maximum Gasteiger partial charge on any atom is 0.446 e. The largest absolute Gasteiger partial charge is 0.477 e. The van der Waals surface area contributed by atoms with Crippen LogP contribution in [0.15, 0.2) is 53.1 Å². The van der Waals surface area contributed by atoms with E-state index >= 15 is 0 Å². The van der Waals surface area contributed by atoms with Crippen LogP contribution in [0.4, 0.5) is 35.0 Å². The number of alkyl halides is 3. The van der Waals surface area contributed by atoms with E-state index in [1.54, 1.807) is 39.0 Å². The summed E-state index contributed by atoms with van der Waals surface area (Å²) < 4.78 is 51.8. The van der Waals surface area contributed by atoms with Crippen molar-refractivity contribution in [3.63, 3.8) is 0 Å². The van der Waals surface area contributed by atoms with Gasteiger partial charge in [0.05, 0.1) is 59.5 Å². The minimum atomic E-state index is -4.64. The number of nitrogens with one attached hydrogen (secondary N) is 3. The molecular weight excluding hydrogens is 1270 g/mol. The van der Waals surface area contributed by atoms with E-state index in [0.29, 0.717) is 52.7 Å². The normalized spacial score (nSPS) is 15.0. The van der Waals surface area contributed by atoms with E-state index in [9.17, 15) is 42.9 Å². The lowest BCUT2D eigenvalue weighted by Crippen LogP contribution is -2.34. The fraction of sp³-hybridized carbons (Fsp3) is 0.522. The summed E-state index contributed by atoms with van der Waals surface area (Å²) >= 11 is 0. The van der Waals surface area contributed by atoms with Crippen LogP contribution < -0.4 is 48.3 Å². The molecule has 0 saturated carbocycles. The highest BCUT2D eigenvalue weighted by Crippen LogP contribution is 2.39. The predicted octanol–water partition coefficient (Wildman–Crippen LogP) is 6.60. The highest BCUT2D eigenvalue weighted by atomic mass is 35.5. The Labute approximate surface area is 564 Å². The SMILES string of the molecule is CC(C)(C)OC(=O)NOCCOCCNC(=O)/C(C#N)=C/c1cc2c3c(c1)CCCN3CCC2.Cl.N#C/C(=C\c1cc2c3c(c1)CCCN3CCC2)C(=O)NCCOCCON.N#C/C(=C\c1cc2c3c(c1)CCCN3CCC2)C(=O)O.NCCOCCON.O=CC(F)(F)F. The number of carboxylic acid groups (broad SMARTS) is 1. The molecule has 25 nitrogen and oxygen atoms in total. The molecule has 0 atom stereocenters. The van der Waals surface area contributed by atoms with E-state index in [-0.39, 0.29) is 61.4 Å². The van der Waals surface area contributed by atoms with Gasteiger partial charge in [-0.25, -0.2) is 21.4 Å². The average molecular weight is 1360 g/mol. The molecule has 0 radical (unpaired) electrons. The Bertz CT molecular complexity index is 3190. The summed E-state index contributed by atoms with van der Waals surface area (Å²) in [4.78, 5) is 76.8. The Morgan fingerprint density at radius 3 is 1.14 bits per heavy atom. The first-order chi connectivity index (χ1) is 45.6. The maximum absolute atomic E-state index is 12.5. The van der Waals surface area contributed by atoms with Gasteiger partial charge in [-0.15, -0.1) is 12.4 Å². The number of nitrogens with two attached hydrogens (primary N) is 3. The van der Waals surface area contributed by atoms with E-state index < -0.39 is 36.0 Å². The zero-order valence-electron chi connectivity index (χ0n) is 54.8. The summed E-state index contributed by atoms with van der Waals surface area (Å²) in [5.74, 6) is 7.62. The average Bonchev–Trinajstić information content (AvgIpc) is 0.796. The third-order valence-electron chi connectivity index (χ3n) is 15.1. The van der Waals surface area contributed by atoms with Crippen molar-refractivity contribution in [1.82, 2.24) is 16.1 Å². The molecule has 0 aromatic heterocycles. The highest BCUT2D eigenvalue weighted by Gasteiger charge is 2.28. The number of ether oxygens (including phenoxy) is 4. The van der Waals surface area contributed by atoms with E-state index in [4.69, 9.17) is 56.5 Å². The van der Waals surface area contributed by atoms with Gasteiger partial charge in [0.1, 0.15) is 40.5 Å². The van der Waals surface area contributed by atoms with Crippen LogP contribution in [0.2, 0.25) is 0 Å². The molecule has 0 spiro atoms. The molecule has 9 rings (SSSR count). The fourth-order valence-corrected chi connectivity index (χ4v) is 11.5. The monoisotopic (exact) mass is 1360 g/mol. The predicted molar refractivity (Wildman–Crippen MR) is 357 cm³/mol. The van der Waals surface area contributed by atoms with E-state index in [0.717, 1.165) is 133 Å². The Morgan fingerprint density at radius 1 is 0.542 bits per heavy atom. The van der Waals surface area contributed by atoms with Crippen molar-refractivity contribution in [1.29, 1.82) is 15.8 Å². The third-order valence-corrected chi connectivity index (χ3v) is 15.1. The number of carbonyl (C=O) groups is 5. The zero-order chi connectivity index (χ0) is 69.2. The van der Waals surface area contributed by atoms with Gasteiger partial charge in [0.15, 0.2) is 0 Å². The van der Waals surface area contributed by atoms with Crippen molar-refractivity contribution in [2.45, 2.75) is 110 Å². The Balaban J connectivity index is 0.000000282. The van der Waals surface area contributed by atoms with Crippen LogP contribution >= 0.6 is 12.4 Å². The number of aliphatic carboxylic acids is 1. The van der Waals surface area contributed by atoms with Crippen molar-refractivity contribution in [2.75, 3.05) is 133 Å². The molecule has 3 amide bonds. The second-order valence-electron chi connectivity index (χ2n) is 23.5. The summed E-state index contributed by atoms with van der Waals surface area (Å²) in [7, 11) is 0. The summed E-state index contributed by atoms with van der Waals surface area (Å²) in [5.41, 5.74) is 21.3. The molecular formula is C67H90ClF3N12O13. The highest BCUT2D eigenvalue weighted by molar-refractivity contribution is 6.02. The molecule has 524 valence electrons. The lowest BCUT2D eigenvalue weighted by atomic mass is 9.89. The number of aryl methyl sites for hydroxylation is 6. The van der Waals surface area contributed by atoms with Gasteiger partial charge in [-0.05, 0) is 203 Å². The molecule has 0 aliphatic carbocycles. The standard InChI is InChI=1S/C25H34N4O5.C20H26N4O3.C16H16N2O2.C4H12N2O2.C2HF3O.ClH/c1-25(2,3)34-24(31)28-33-13-12-32-11-8-27-23(30)21(17-26)16-18-14-19-6-4-9-29-10-5-7-20(15-18)22(19)29;21-14-18(20(25)23-5-8-26-9-10-27-22)13-15-11-16-3-1-6-24-7-2-4-17(12-15)19(16)24;17-10-14(16(19)20)9-11-7-12-3-1-5-18-6-2-4-13(8-11)15(12)18;5-1-2-7-3-4-8-6;3-2(4,5)1-6;/h14-16H,4-13H2,1-3H3,(H,27,30)(H,28,31);11-13H,1-10,22H2,(H,23,25);7-9H,1-6H2,(H,19,20);1-6H2;1H;1H/b21-16+;18-13+;14-9+;;;. The molecule has 3 aromatic rings. The molecule has 0 fully saturated rings. The van der Waals surface area contributed by atoms with Crippen LogP contribution in [0.3, 0.4) is 0 Å². The number of nitriles is 3. The number of hydrogen-bond donors (Lipinski definition) is 7. The van der Waals surface area contributed by atoms with Crippen LogP contribution in [0.1, 0.15) is 109 Å². The third kappa shape index (κ3) is 27.5. The smallest absolute Gasteiger partial charge is 0.446 e. The van der Waals surface area contributed by atoms with Crippen molar-refractivity contribution in [3.05, 3.63) is 103 Å². The van der Waals surface area contributed by atoms with Crippen LogP contribution in [-0.2, 0) is 91.2 Å². The number of nitrogens with zero attached hydrogens (tertiary/aromatic N) is 6. The molecule has 29 heteroatoms. The molecule has 0 bridgehead atoms. The number of benzene rings is 3. The van der Waals surface area contributed by atoms with Crippen LogP contribution in [0.5, 0.6) is 0 Å². The number of carboxylic acids is 1. The summed E-state index contributed by atoms with van der Waals surface area (Å²) in [6.07, 6.45) is 11.6. The minimum Gasteiger partial charge on any atom is -0.477 e. The van der Waals surface area contributed by atoms with Crippen molar-refractivity contribution >= 4 is 77.9 Å². The lowest BCUT2D eigenvalue weighted by molar-refractivity contribution is -0.156. The van der Waals surface area contributed by atoms with Gasteiger partial charge in [0.25, 0.3) is 11.8 Å². The number of amides is 3. The van der Waals surface area contributed by atoms with Gasteiger partial charge >= 0.3 is 18.2 Å². The topological polar surface area (TPSA) is 365 Å². The first kappa shape index (κ1) is 80.3. The van der Waals surface area contributed by atoms with E-state index in [1.165, 1.54) is 56.5 Å². The number of aldehydes is 1. The second kappa shape index (κ2) is 42.4. The molecule has 6 heterocycles. The quantitative estimate of drug-likeness (QED) is 0.0163. The number of anilines is 3. The maximum atomic E-state index is 12.5. The molecule has 0 unspecified atom stereocenters. The number of hydrogen-bond acceptors (Lipinski definition) is 21. The summed E-state index contributed by atoms with van der Waals surface area (Å²) in [5, 5.41) is 42.1. The van der Waals surface area contributed by atoms with Crippen molar-refractivity contribution in [2.24, 2.45) is 17.5 Å². The number of carbonyl (C=O) groups excluding carboxylic acids is 4. The summed E-state index contributed by atoms with van der Waals surface area (Å²) in [6.45, 7) is 16.2. The Kier molecular flexibility index (Phi) is 35.4. The van der Waals surface area contributed by atoms with E-state index in [2.05, 4.69) is 64.8 Å². The lowest BCUT2D eigenvalue weighted by Gasteiger charge is -2.37. The van der Waals surface area contributed by atoms with Gasteiger partial charge in [-0.3, -0.25) is 19.2 Å². The van der Waals surface area contributed by atoms with Gasteiger partial charge in [0, 0.05) is 76.0 Å². The minimum absolute atomic E-state index is 0. The molecule has 0 saturated heterocycles.